The Kier molecular flexibility index (Phi) is 5.75. The van der Waals surface area contributed by atoms with Crippen molar-refractivity contribution in [2.75, 3.05) is 0 Å². The predicted molar refractivity (Wildman–Crippen MR) is 102 cm³/mol. The fourth-order valence-corrected chi connectivity index (χ4v) is 4.25. The number of hydrogen-bond donors (Lipinski definition) is 0. The minimum absolute atomic E-state index is 0.799. The summed E-state index contributed by atoms with van der Waals surface area (Å²) in [6.07, 6.45) is 12.5. The summed E-state index contributed by atoms with van der Waals surface area (Å²) in [5, 5.41) is 2.83. The van der Waals surface area contributed by atoms with E-state index in [-0.39, 0.29) is 0 Å². The van der Waals surface area contributed by atoms with E-state index in [0.717, 1.165) is 18.3 Å². The third kappa shape index (κ3) is 4.16. The van der Waals surface area contributed by atoms with Crippen molar-refractivity contribution in [1.29, 1.82) is 0 Å². The van der Waals surface area contributed by atoms with Crippen molar-refractivity contribution in [3.63, 3.8) is 0 Å². The lowest BCUT2D eigenvalue weighted by molar-refractivity contribution is 0.303. The summed E-state index contributed by atoms with van der Waals surface area (Å²) >= 11 is 0. The Morgan fingerprint density at radius 1 is 0.826 bits per heavy atom. The molecule has 0 N–H and O–H groups in total. The van der Waals surface area contributed by atoms with Gasteiger partial charge in [-0.3, -0.25) is 0 Å². The first-order valence-corrected chi connectivity index (χ1v) is 9.82. The van der Waals surface area contributed by atoms with E-state index in [1.807, 2.05) is 0 Å². The molecule has 0 heteroatoms. The summed E-state index contributed by atoms with van der Waals surface area (Å²) in [5.74, 6) is 1.80. The molecule has 0 saturated heterocycles. The Morgan fingerprint density at radius 3 is 2.30 bits per heavy atom. The molecule has 1 aliphatic rings. The second-order valence-electron chi connectivity index (χ2n) is 7.51. The third-order valence-corrected chi connectivity index (χ3v) is 5.87. The first-order valence-electron chi connectivity index (χ1n) is 9.82. The van der Waals surface area contributed by atoms with Gasteiger partial charge in [-0.1, -0.05) is 75.9 Å². The molecule has 3 rings (SSSR count). The Labute approximate surface area is 142 Å². The smallest absolute Gasteiger partial charge is 0.0162 e. The van der Waals surface area contributed by atoms with Crippen LogP contribution in [0.5, 0.6) is 0 Å². The number of rotatable bonds is 6. The van der Waals surface area contributed by atoms with Gasteiger partial charge in [0.15, 0.2) is 0 Å². The molecule has 0 nitrogen and oxygen atoms in total. The first kappa shape index (κ1) is 16.6. The lowest BCUT2D eigenvalue weighted by Crippen LogP contribution is -2.13. The summed E-state index contributed by atoms with van der Waals surface area (Å²) in [6.45, 7) is 4.54. The minimum Gasteiger partial charge on any atom is -0.0654 e. The van der Waals surface area contributed by atoms with Crippen LogP contribution in [0.2, 0.25) is 0 Å². The molecule has 0 aromatic heterocycles. The fraction of sp³-hybridized carbons (Fsp3) is 0.565. The molecule has 0 bridgehead atoms. The average Bonchev–Trinajstić information content (AvgIpc) is 2.61. The normalized spacial score (nSPS) is 21.7. The minimum atomic E-state index is 0.799. The maximum Gasteiger partial charge on any atom is -0.0162 e. The molecule has 1 saturated carbocycles. The van der Waals surface area contributed by atoms with Gasteiger partial charge in [0.2, 0.25) is 0 Å². The van der Waals surface area contributed by atoms with Gasteiger partial charge in [0.05, 0.1) is 0 Å². The highest BCUT2D eigenvalue weighted by Gasteiger charge is 2.22. The van der Waals surface area contributed by atoms with E-state index in [9.17, 15) is 0 Å². The van der Waals surface area contributed by atoms with Crippen molar-refractivity contribution in [1.82, 2.24) is 0 Å². The zero-order valence-corrected chi connectivity index (χ0v) is 15.0. The summed E-state index contributed by atoms with van der Waals surface area (Å²) in [4.78, 5) is 0. The lowest BCUT2D eigenvalue weighted by Gasteiger charge is -2.29. The number of benzene rings is 2. The Balaban J connectivity index is 1.63. The molecule has 0 aliphatic heterocycles. The third-order valence-electron chi connectivity index (χ3n) is 5.87. The predicted octanol–water partition coefficient (Wildman–Crippen LogP) is 7.26. The van der Waals surface area contributed by atoms with Crippen molar-refractivity contribution in [2.24, 2.45) is 5.92 Å². The zero-order chi connectivity index (χ0) is 16.1. The molecule has 0 atom stereocenters. The van der Waals surface area contributed by atoms with Crippen molar-refractivity contribution < 1.29 is 0 Å². The van der Waals surface area contributed by atoms with E-state index >= 15 is 0 Å². The van der Waals surface area contributed by atoms with Gasteiger partial charge in [-0.05, 0) is 65.8 Å². The topological polar surface area (TPSA) is 0 Å². The van der Waals surface area contributed by atoms with E-state index in [0.29, 0.717) is 0 Å². The largest absolute Gasteiger partial charge is 0.0654 e. The van der Waals surface area contributed by atoms with Gasteiger partial charge in [-0.25, -0.2) is 0 Å². The molecule has 1 aliphatic carbocycles. The SMILES string of the molecule is CCCCC[C@H]1CC[C@H](c2ccc3cc(CC)ccc3c2)CC1. The molecule has 0 radical (unpaired) electrons. The molecular formula is C23H32. The van der Waals surface area contributed by atoms with Crippen LogP contribution in [0.3, 0.4) is 0 Å². The quantitative estimate of drug-likeness (QED) is 0.493. The number of hydrogen-bond acceptors (Lipinski definition) is 0. The van der Waals surface area contributed by atoms with Gasteiger partial charge in [0.25, 0.3) is 0 Å². The molecule has 23 heavy (non-hydrogen) atoms. The standard InChI is InChI=1S/C23H32/c1-3-5-6-7-19-9-11-20(12-10-19)22-15-14-21-16-18(4-2)8-13-23(21)17-22/h8,13-17,19-20H,3-7,9-12H2,1-2H3/t19-,20-. The summed E-state index contributed by atoms with van der Waals surface area (Å²) in [6, 6.07) is 14.1. The molecule has 124 valence electrons. The second kappa shape index (κ2) is 7.99. The number of fused-ring (bicyclic) bond motifs is 1. The molecule has 2 aromatic carbocycles. The maximum atomic E-state index is 2.46. The van der Waals surface area contributed by atoms with Crippen molar-refractivity contribution in [3.8, 4) is 0 Å². The summed E-state index contributed by atoms with van der Waals surface area (Å²) in [5.41, 5.74) is 3.02. The number of aryl methyl sites for hydroxylation is 1. The molecule has 2 aromatic rings. The number of unbranched alkanes of at least 4 members (excludes halogenated alkanes) is 2. The van der Waals surface area contributed by atoms with Crippen LogP contribution >= 0.6 is 0 Å². The van der Waals surface area contributed by atoms with E-state index in [1.54, 1.807) is 5.56 Å². The molecule has 0 spiro atoms. The van der Waals surface area contributed by atoms with E-state index < -0.39 is 0 Å². The summed E-state index contributed by atoms with van der Waals surface area (Å²) in [7, 11) is 0. The molecule has 0 amide bonds. The highest BCUT2D eigenvalue weighted by molar-refractivity contribution is 5.84. The molecule has 0 unspecified atom stereocenters. The van der Waals surface area contributed by atoms with Crippen LogP contribution in [0, 0.1) is 5.92 Å². The maximum absolute atomic E-state index is 2.46. The van der Waals surface area contributed by atoms with Crippen LogP contribution in [0.1, 0.15) is 82.3 Å². The van der Waals surface area contributed by atoms with E-state index in [4.69, 9.17) is 0 Å². The molecule has 1 fully saturated rings. The van der Waals surface area contributed by atoms with Gasteiger partial charge >= 0.3 is 0 Å². The van der Waals surface area contributed by atoms with Gasteiger partial charge in [-0.15, -0.1) is 0 Å². The highest BCUT2D eigenvalue weighted by Crippen LogP contribution is 2.38. The Morgan fingerprint density at radius 2 is 1.57 bits per heavy atom. The molecular weight excluding hydrogens is 276 g/mol. The Bertz CT molecular complexity index is 617. The second-order valence-corrected chi connectivity index (χ2v) is 7.51. The van der Waals surface area contributed by atoms with Crippen molar-refractivity contribution in [2.45, 2.75) is 77.6 Å². The zero-order valence-electron chi connectivity index (χ0n) is 15.0. The van der Waals surface area contributed by atoms with E-state index in [1.165, 1.54) is 67.7 Å². The van der Waals surface area contributed by atoms with Crippen LogP contribution in [0.15, 0.2) is 36.4 Å². The summed E-state index contributed by atoms with van der Waals surface area (Å²) < 4.78 is 0. The van der Waals surface area contributed by atoms with Crippen LogP contribution in [0.25, 0.3) is 10.8 Å². The van der Waals surface area contributed by atoms with Gasteiger partial charge < -0.3 is 0 Å². The van der Waals surface area contributed by atoms with Crippen LogP contribution in [-0.2, 0) is 6.42 Å². The molecule has 0 heterocycles. The fourth-order valence-electron chi connectivity index (χ4n) is 4.25. The van der Waals surface area contributed by atoms with Gasteiger partial charge in [0, 0.05) is 0 Å². The average molecular weight is 309 g/mol. The van der Waals surface area contributed by atoms with Crippen molar-refractivity contribution in [3.05, 3.63) is 47.5 Å². The monoisotopic (exact) mass is 308 g/mol. The van der Waals surface area contributed by atoms with Gasteiger partial charge in [-0.2, -0.15) is 0 Å². The van der Waals surface area contributed by atoms with Crippen LogP contribution in [0.4, 0.5) is 0 Å². The van der Waals surface area contributed by atoms with Crippen LogP contribution in [-0.4, -0.2) is 0 Å². The van der Waals surface area contributed by atoms with Crippen molar-refractivity contribution >= 4 is 10.8 Å². The Hall–Kier alpha value is -1.30. The van der Waals surface area contributed by atoms with E-state index in [2.05, 4.69) is 50.2 Å². The van der Waals surface area contributed by atoms with Gasteiger partial charge in [0.1, 0.15) is 0 Å². The van der Waals surface area contributed by atoms with Crippen LogP contribution < -0.4 is 0 Å². The first-order chi connectivity index (χ1) is 11.3. The highest BCUT2D eigenvalue weighted by atomic mass is 14.3. The lowest BCUT2D eigenvalue weighted by atomic mass is 9.77.